The maximum absolute atomic E-state index is 14.0. The molecule has 6 atom stereocenters. The Labute approximate surface area is 328 Å². The molecule has 1 heterocycles. The molecule has 1 aliphatic heterocycles. The smallest absolute Gasteiger partial charge is 0.410 e. The van der Waals surface area contributed by atoms with E-state index in [2.05, 4.69) is 13.8 Å². The van der Waals surface area contributed by atoms with E-state index in [1.807, 2.05) is 72.2 Å². The molecule has 0 N–H and O–H groups in total. The van der Waals surface area contributed by atoms with Crippen molar-refractivity contribution < 1.29 is 38.2 Å². The number of hydrogen-bond donors (Lipinski definition) is 0. The minimum absolute atomic E-state index is 0.00309. The fourth-order valence-corrected chi connectivity index (χ4v) is 8.08. The Morgan fingerprint density at radius 2 is 1.52 bits per heavy atom. The third kappa shape index (κ3) is 13.2. The largest absolute Gasteiger partial charge is 0.445 e. The van der Waals surface area contributed by atoms with Crippen molar-refractivity contribution in [3.05, 3.63) is 35.4 Å². The number of carbonyl (C=O) groups is 6. The average molecular weight is 774 g/mol. The second-order valence-corrected chi connectivity index (χ2v) is 16.6. The Balaban J connectivity index is 1.92. The Morgan fingerprint density at radius 3 is 2.04 bits per heavy atom. The number of rotatable bonds is 24. The van der Waals surface area contributed by atoms with Crippen LogP contribution in [0.1, 0.15) is 111 Å². The van der Waals surface area contributed by atoms with Gasteiger partial charge >= 0.3 is 6.09 Å². The van der Waals surface area contributed by atoms with Crippen molar-refractivity contribution in [3.8, 4) is 0 Å². The second-order valence-electron chi connectivity index (χ2n) is 15.5. The number of amides is 4. The van der Waals surface area contributed by atoms with Crippen LogP contribution in [-0.4, -0.2) is 108 Å². The summed E-state index contributed by atoms with van der Waals surface area (Å²) in [5.41, 5.74) is 1.61. The van der Waals surface area contributed by atoms with E-state index in [1.165, 1.54) is 21.6 Å². The number of unbranched alkanes of at least 4 members (excludes halogenated alkanes) is 2. The molecule has 1 aliphatic rings. The van der Waals surface area contributed by atoms with Gasteiger partial charge in [0.25, 0.3) is 0 Å². The predicted octanol–water partition coefficient (Wildman–Crippen LogP) is 6.97. The van der Waals surface area contributed by atoms with Crippen molar-refractivity contribution in [3.63, 3.8) is 0 Å². The maximum Gasteiger partial charge on any atom is 0.410 e. The molecular formula is C42H67N3O8S. The van der Waals surface area contributed by atoms with Crippen molar-refractivity contribution in [1.29, 1.82) is 0 Å². The summed E-state index contributed by atoms with van der Waals surface area (Å²) in [5, 5.41) is -0.268. The van der Waals surface area contributed by atoms with Crippen LogP contribution >= 0.6 is 11.8 Å². The first-order valence-electron chi connectivity index (χ1n) is 19.7. The van der Waals surface area contributed by atoms with Crippen LogP contribution < -0.4 is 0 Å². The van der Waals surface area contributed by atoms with Gasteiger partial charge in [0.15, 0.2) is 5.78 Å². The van der Waals surface area contributed by atoms with Gasteiger partial charge in [0.2, 0.25) is 17.7 Å². The molecule has 304 valence electrons. The predicted molar refractivity (Wildman–Crippen MR) is 214 cm³/mol. The molecule has 54 heavy (non-hydrogen) atoms. The standard InChI is InChI=1S/C42H67N3O8S/c1-12-29(7)39(35(13-2)52-10)43(8)40(49)33(27(3)4)24-34(47)38(28(5)6)44(9)42(51)53-26-31-20-18-30(19-21-31)23-32(46)17-15-14-16-22-45-37(48)25-36(54-11)41(45)50/h18-21,27-29,33,35-36,38-39H,12-17,22-26H2,1-11H3/t29-,33-,35+,36?,38-,39-/m0/s1. The lowest BCUT2D eigenvalue weighted by atomic mass is 9.83. The first kappa shape index (κ1) is 46.9. The van der Waals surface area contributed by atoms with Gasteiger partial charge in [0.05, 0.1) is 23.4 Å². The number of hydrogen-bond acceptors (Lipinski definition) is 9. The van der Waals surface area contributed by atoms with Crippen LogP contribution in [0.5, 0.6) is 0 Å². The lowest BCUT2D eigenvalue weighted by molar-refractivity contribution is -0.145. The molecule has 12 heteroatoms. The molecule has 11 nitrogen and oxygen atoms in total. The number of benzene rings is 1. The van der Waals surface area contributed by atoms with Crippen molar-refractivity contribution in [2.24, 2.45) is 23.7 Å². The van der Waals surface area contributed by atoms with E-state index < -0.39 is 18.1 Å². The molecule has 2 rings (SSSR count). The van der Waals surface area contributed by atoms with Crippen molar-refractivity contribution in [1.82, 2.24) is 14.7 Å². The van der Waals surface area contributed by atoms with Crippen LogP contribution in [-0.2, 0) is 46.5 Å². The summed E-state index contributed by atoms with van der Waals surface area (Å²) in [7, 11) is 5.05. The molecule has 1 aromatic rings. The van der Waals surface area contributed by atoms with Gasteiger partial charge in [-0.3, -0.25) is 28.9 Å². The molecule has 1 fully saturated rings. The van der Waals surface area contributed by atoms with Crippen LogP contribution in [0.2, 0.25) is 0 Å². The molecule has 1 unspecified atom stereocenters. The SMILES string of the molecule is CC[C@H](C)[C@@H]([C@@H](CC)OC)N(C)C(=O)[C@@H](CC(=O)[C@H](C(C)C)N(C)C(=O)OCc1ccc(CC(=O)CCCCCN2C(=O)CC(SC)C2=O)cc1)C(C)C. The zero-order valence-corrected chi connectivity index (χ0v) is 35.5. The van der Waals surface area contributed by atoms with E-state index in [9.17, 15) is 28.8 Å². The van der Waals surface area contributed by atoms with E-state index in [4.69, 9.17) is 9.47 Å². The monoisotopic (exact) mass is 773 g/mol. The normalized spacial score (nSPS) is 17.4. The number of ether oxygens (including phenoxy) is 2. The number of imide groups is 1. The van der Waals surface area contributed by atoms with Crippen LogP contribution in [0.25, 0.3) is 0 Å². The van der Waals surface area contributed by atoms with Gasteiger partial charge in [-0.1, -0.05) is 85.6 Å². The van der Waals surface area contributed by atoms with E-state index in [0.29, 0.717) is 32.2 Å². The average Bonchev–Trinajstić information content (AvgIpc) is 3.42. The van der Waals surface area contributed by atoms with Gasteiger partial charge in [-0.25, -0.2) is 4.79 Å². The Kier molecular flexibility index (Phi) is 19.9. The quantitative estimate of drug-likeness (QED) is 0.0808. The fraction of sp³-hybridized carbons (Fsp3) is 0.714. The molecule has 1 aromatic carbocycles. The molecule has 0 aliphatic carbocycles. The Morgan fingerprint density at radius 1 is 0.889 bits per heavy atom. The lowest BCUT2D eigenvalue weighted by Gasteiger charge is -2.40. The lowest BCUT2D eigenvalue weighted by Crippen LogP contribution is -2.52. The van der Waals surface area contributed by atoms with Crippen molar-refractivity contribution in [2.75, 3.05) is 34.0 Å². The summed E-state index contributed by atoms with van der Waals surface area (Å²) in [5.74, 6) is -1.02. The van der Waals surface area contributed by atoms with Crippen LogP contribution in [0.4, 0.5) is 4.79 Å². The highest BCUT2D eigenvalue weighted by Crippen LogP contribution is 2.28. The van der Waals surface area contributed by atoms with Crippen LogP contribution in [0.15, 0.2) is 24.3 Å². The Hall–Kier alpha value is -3.25. The first-order valence-corrected chi connectivity index (χ1v) is 21.0. The number of ketones is 2. The van der Waals surface area contributed by atoms with Gasteiger partial charge in [0, 0.05) is 59.4 Å². The highest BCUT2D eigenvalue weighted by molar-refractivity contribution is 8.00. The summed E-state index contributed by atoms with van der Waals surface area (Å²) in [6.45, 7) is 14.3. The van der Waals surface area contributed by atoms with E-state index in [0.717, 1.165) is 30.4 Å². The molecule has 0 bridgehead atoms. The number of nitrogens with zero attached hydrogens (tertiary/aromatic N) is 3. The third-order valence-electron chi connectivity index (χ3n) is 10.9. The van der Waals surface area contributed by atoms with Gasteiger partial charge in [-0.05, 0) is 54.4 Å². The molecule has 1 saturated heterocycles. The topological polar surface area (TPSA) is 131 Å². The molecule has 4 amide bonds. The molecule has 0 saturated carbocycles. The van der Waals surface area contributed by atoms with Crippen LogP contribution in [0.3, 0.4) is 0 Å². The molecule has 0 spiro atoms. The number of thioether (sulfide) groups is 1. The zero-order chi connectivity index (χ0) is 40.7. The minimum atomic E-state index is -0.768. The van der Waals surface area contributed by atoms with Crippen LogP contribution in [0, 0.1) is 23.7 Å². The highest BCUT2D eigenvalue weighted by atomic mass is 32.2. The van der Waals surface area contributed by atoms with Gasteiger partial charge in [0.1, 0.15) is 12.4 Å². The Bertz CT molecular complexity index is 1400. The minimum Gasteiger partial charge on any atom is -0.445 e. The summed E-state index contributed by atoms with van der Waals surface area (Å²) >= 11 is 1.41. The number of carbonyl (C=O) groups excluding carboxylic acids is 6. The zero-order valence-electron chi connectivity index (χ0n) is 34.7. The summed E-state index contributed by atoms with van der Waals surface area (Å²) in [4.78, 5) is 82.5. The van der Waals surface area contributed by atoms with Gasteiger partial charge in [-0.15, -0.1) is 0 Å². The van der Waals surface area contributed by atoms with Crippen molar-refractivity contribution >= 4 is 47.1 Å². The van der Waals surface area contributed by atoms with Gasteiger partial charge < -0.3 is 19.3 Å². The fourth-order valence-electron chi connectivity index (χ4n) is 7.45. The molecule has 0 radical (unpaired) electrons. The number of likely N-dealkylation sites (N-methyl/N-ethyl adjacent to an activating group) is 2. The van der Waals surface area contributed by atoms with E-state index in [1.54, 1.807) is 19.1 Å². The third-order valence-corrected chi connectivity index (χ3v) is 11.9. The first-order chi connectivity index (χ1) is 25.5. The second kappa shape index (κ2) is 23.0. The van der Waals surface area contributed by atoms with Crippen molar-refractivity contribution in [2.45, 2.75) is 136 Å². The highest BCUT2D eigenvalue weighted by Gasteiger charge is 2.39. The molecule has 0 aromatic heterocycles. The number of likely N-dealkylation sites (tertiary alicyclic amines) is 1. The maximum atomic E-state index is 14.0. The molecular weight excluding hydrogens is 707 g/mol. The number of methoxy groups -OCH3 is 1. The summed E-state index contributed by atoms with van der Waals surface area (Å²) in [6, 6.07) is 6.44. The summed E-state index contributed by atoms with van der Waals surface area (Å²) < 4.78 is 11.4. The number of Topliss-reactive ketones (excluding diaryl/α,β-unsaturated/α-hetero) is 2. The van der Waals surface area contributed by atoms with E-state index >= 15 is 0 Å². The van der Waals surface area contributed by atoms with E-state index in [-0.39, 0.29) is 83.9 Å². The van der Waals surface area contributed by atoms with Gasteiger partial charge in [-0.2, -0.15) is 11.8 Å². The summed E-state index contributed by atoms with van der Waals surface area (Å²) in [6.07, 6.45) is 5.87.